The third kappa shape index (κ3) is 2.68. The molecule has 0 saturated heterocycles. The second-order valence-corrected chi connectivity index (χ2v) is 6.77. The van der Waals surface area contributed by atoms with Gasteiger partial charge in [0.15, 0.2) is 0 Å². The third-order valence-electron chi connectivity index (χ3n) is 4.63. The van der Waals surface area contributed by atoms with E-state index in [-0.39, 0.29) is 11.7 Å². The summed E-state index contributed by atoms with van der Waals surface area (Å²) < 4.78 is 0. The van der Waals surface area contributed by atoms with Gasteiger partial charge >= 0.3 is 0 Å². The molecule has 0 saturated carbocycles. The van der Waals surface area contributed by atoms with Gasteiger partial charge in [-0.3, -0.25) is 5.32 Å². The summed E-state index contributed by atoms with van der Waals surface area (Å²) in [6.45, 7) is 2.18. The van der Waals surface area contributed by atoms with E-state index in [4.69, 9.17) is 11.6 Å². The summed E-state index contributed by atoms with van der Waals surface area (Å²) in [7, 11) is 0. The van der Waals surface area contributed by atoms with Crippen molar-refractivity contribution in [3.63, 3.8) is 0 Å². The van der Waals surface area contributed by atoms with E-state index in [0.717, 1.165) is 10.7 Å². The van der Waals surface area contributed by atoms with Crippen LogP contribution in [0.1, 0.15) is 29.7 Å². The van der Waals surface area contributed by atoms with Gasteiger partial charge < -0.3 is 5.32 Å². The number of hydrogen-bond acceptors (Lipinski definition) is 2. The third-order valence-corrected chi connectivity index (χ3v) is 4.86. The number of anilines is 1. The monoisotopic (exact) mass is 334 g/mol. The number of nitrogens with one attached hydrogen (secondary N) is 2. The Labute approximate surface area is 147 Å². The quantitative estimate of drug-likeness (QED) is 0.663. The summed E-state index contributed by atoms with van der Waals surface area (Å²) in [5, 5.41) is 8.17. The van der Waals surface area contributed by atoms with Gasteiger partial charge in [-0.2, -0.15) is 0 Å². The first-order valence-electron chi connectivity index (χ1n) is 8.11. The number of benzene rings is 3. The molecule has 0 amide bonds. The van der Waals surface area contributed by atoms with Crippen molar-refractivity contribution in [3.8, 4) is 0 Å². The van der Waals surface area contributed by atoms with Crippen LogP contribution in [-0.4, -0.2) is 0 Å². The molecule has 2 nitrogen and oxygen atoms in total. The molecule has 3 aromatic rings. The van der Waals surface area contributed by atoms with Crippen molar-refractivity contribution < 1.29 is 0 Å². The van der Waals surface area contributed by atoms with Crippen LogP contribution in [0.4, 0.5) is 5.69 Å². The molecule has 0 spiro atoms. The van der Waals surface area contributed by atoms with Gasteiger partial charge in [0.2, 0.25) is 0 Å². The van der Waals surface area contributed by atoms with Crippen molar-refractivity contribution >= 4 is 17.3 Å². The van der Waals surface area contributed by atoms with Gasteiger partial charge in [0.05, 0.1) is 6.04 Å². The van der Waals surface area contributed by atoms with Gasteiger partial charge in [-0.25, -0.2) is 0 Å². The molecule has 120 valence electrons. The molecule has 3 aromatic carbocycles. The smallest absolute Gasteiger partial charge is 0.112 e. The normalized spacial score (nSPS) is 22.5. The fraction of sp³-hybridized carbons (Fsp3) is 0.143. The molecule has 0 radical (unpaired) electrons. The zero-order valence-corrected chi connectivity index (χ0v) is 14.2. The van der Waals surface area contributed by atoms with Crippen LogP contribution in [0, 0.1) is 0 Å². The molecule has 0 aromatic heterocycles. The first-order chi connectivity index (χ1) is 11.7. The Kier molecular flexibility index (Phi) is 3.79. The number of fused-ring (bicyclic) bond motifs is 1. The van der Waals surface area contributed by atoms with E-state index >= 15 is 0 Å². The lowest BCUT2D eigenvalue weighted by molar-refractivity contribution is 0.367. The summed E-state index contributed by atoms with van der Waals surface area (Å²) in [6.07, 6.45) is 0. The number of halogens is 1. The molecular weight excluding hydrogens is 316 g/mol. The second-order valence-electron chi connectivity index (χ2n) is 6.34. The first kappa shape index (κ1) is 15.3. The van der Waals surface area contributed by atoms with Crippen molar-refractivity contribution in [2.24, 2.45) is 0 Å². The van der Waals surface area contributed by atoms with Crippen LogP contribution < -0.4 is 10.6 Å². The summed E-state index contributed by atoms with van der Waals surface area (Å²) in [4.78, 5) is 0. The predicted octanol–water partition coefficient (Wildman–Crippen LogP) is 5.32. The SMILES string of the molecule is C[C@@]1(c2ccccc2)Nc2ccc(Cl)cc2[C@@H](c2ccccc2)N1. The maximum absolute atomic E-state index is 6.26. The van der Waals surface area contributed by atoms with E-state index in [9.17, 15) is 0 Å². The van der Waals surface area contributed by atoms with Crippen molar-refractivity contribution in [3.05, 3.63) is 101 Å². The highest BCUT2D eigenvalue weighted by molar-refractivity contribution is 6.30. The van der Waals surface area contributed by atoms with Crippen LogP contribution in [0.15, 0.2) is 78.9 Å². The molecule has 2 atom stereocenters. The van der Waals surface area contributed by atoms with E-state index in [1.54, 1.807) is 0 Å². The maximum atomic E-state index is 6.26. The summed E-state index contributed by atoms with van der Waals surface area (Å²) >= 11 is 6.26. The zero-order chi connectivity index (χ0) is 16.6. The molecule has 2 N–H and O–H groups in total. The van der Waals surface area contributed by atoms with E-state index < -0.39 is 0 Å². The predicted molar refractivity (Wildman–Crippen MR) is 100 cm³/mol. The Hall–Kier alpha value is -2.29. The lowest BCUT2D eigenvalue weighted by atomic mass is 9.89. The summed E-state index contributed by atoms with van der Waals surface area (Å²) in [5.41, 5.74) is 4.35. The Bertz CT molecular complexity index is 848. The number of hydrogen-bond donors (Lipinski definition) is 2. The molecule has 24 heavy (non-hydrogen) atoms. The highest BCUT2D eigenvalue weighted by Crippen LogP contribution is 2.40. The van der Waals surface area contributed by atoms with Gasteiger partial charge in [0.1, 0.15) is 5.66 Å². The fourth-order valence-electron chi connectivity index (χ4n) is 3.39. The molecule has 1 aliphatic heterocycles. The minimum absolute atomic E-state index is 0.0753. The Morgan fingerprint density at radius 1 is 0.875 bits per heavy atom. The van der Waals surface area contributed by atoms with Gasteiger partial charge in [-0.05, 0) is 41.8 Å². The van der Waals surface area contributed by atoms with Crippen molar-refractivity contribution in [2.45, 2.75) is 18.6 Å². The molecule has 0 unspecified atom stereocenters. The van der Waals surface area contributed by atoms with Crippen molar-refractivity contribution in [1.29, 1.82) is 0 Å². The minimum atomic E-state index is -0.359. The average Bonchev–Trinajstić information content (AvgIpc) is 2.63. The maximum Gasteiger partial charge on any atom is 0.112 e. The Morgan fingerprint density at radius 2 is 1.54 bits per heavy atom. The molecule has 0 aliphatic carbocycles. The average molecular weight is 335 g/mol. The van der Waals surface area contributed by atoms with E-state index in [1.807, 2.05) is 24.3 Å². The first-order valence-corrected chi connectivity index (χ1v) is 8.49. The lowest BCUT2D eigenvalue weighted by Gasteiger charge is -2.43. The molecular formula is C21H19ClN2. The molecule has 0 bridgehead atoms. The minimum Gasteiger partial charge on any atom is -0.363 e. The Balaban J connectivity index is 1.85. The van der Waals surface area contributed by atoms with Crippen LogP contribution in [0.5, 0.6) is 0 Å². The molecule has 3 heteroatoms. The van der Waals surface area contributed by atoms with Crippen LogP contribution >= 0.6 is 11.6 Å². The van der Waals surface area contributed by atoms with Crippen LogP contribution in [-0.2, 0) is 5.66 Å². The van der Waals surface area contributed by atoms with Gasteiger partial charge in [0, 0.05) is 10.7 Å². The molecule has 4 rings (SSSR count). The molecule has 1 aliphatic rings. The van der Waals surface area contributed by atoms with E-state index in [2.05, 4.69) is 72.2 Å². The summed E-state index contributed by atoms with van der Waals surface area (Å²) in [6, 6.07) is 27.1. The van der Waals surface area contributed by atoms with Gasteiger partial charge in [-0.1, -0.05) is 72.3 Å². The van der Waals surface area contributed by atoms with E-state index in [0.29, 0.717) is 0 Å². The molecule has 0 fully saturated rings. The van der Waals surface area contributed by atoms with Crippen molar-refractivity contribution in [1.82, 2.24) is 5.32 Å². The largest absolute Gasteiger partial charge is 0.363 e. The zero-order valence-electron chi connectivity index (χ0n) is 13.5. The highest BCUT2D eigenvalue weighted by Gasteiger charge is 2.36. The standard InChI is InChI=1S/C21H19ClN2/c1-21(16-10-6-3-7-11-16)23-19-13-12-17(22)14-18(19)20(24-21)15-8-4-2-5-9-15/h2-14,20,23-24H,1H3/t20-,21-/m1/s1. The van der Waals surface area contributed by atoms with E-state index in [1.165, 1.54) is 16.7 Å². The van der Waals surface area contributed by atoms with Gasteiger partial charge in [0.25, 0.3) is 0 Å². The second kappa shape index (κ2) is 5.97. The Morgan fingerprint density at radius 3 is 2.25 bits per heavy atom. The topological polar surface area (TPSA) is 24.1 Å². The van der Waals surface area contributed by atoms with Crippen LogP contribution in [0.3, 0.4) is 0 Å². The lowest BCUT2D eigenvalue weighted by Crippen LogP contribution is -2.51. The van der Waals surface area contributed by atoms with Gasteiger partial charge in [-0.15, -0.1) is 0 Å². The van der Waals surface area contributed by atoms with Crippen molar-refractivity contribution in [2.75, 3.05) is 5.32 Å². The number of rotatable bonds is 2. The van der Waals surface area contributed by atoms with Crippen LogP contribution in [0.25, 0.3) is 0 Å². The van der Waals surface area contributed by atoms with Crippen LogP contribution in [0.2, 0.25) is 5.02 Å². The fourth-order valence-corrected chi connectivity index (χ4v) is 3.57. The highest BCUT2D eigenvalue weighted by atomic mass is 35.5. The molecule has 1 heterocycles. The summed E-state index contributed by atoms with van der Waals surface area (Å²) in [5.74, 6) is 0.